The van der Waals surface area contributed by atoms with Crippen LogP contribution in [0.2, 0.25) is 10.0 Å². The highest BCUT2D eigenvalue weighted by molar-refractivity contribution is 6.34. The molecule has 2 rings (SSSR count). The maximum Gasteiger partial charge on any atom is 0.122 e. The quantitative estimate of drug-likeness (QED) is 0.718. The molecule has 1 aromatic carbocycles. The van der Waals surface area contributed by atoms with E-state index in [2.05, 4.69) is 0 Å². The number of hydrogen-bond acceptors (Lipinski definition) is 1. The fourth-order valence-corrected chi connectivity index (χ4v) is 2.29. The van der Waals surface area contributed by atoms with Gasteiger partial charge in [0.25, 0.3) is 0 Å². The maximum atomic E-state index is 5.84. The van der Waals surface area contributed by atoms with Crippen molar-refractivity contribution in [1.82, 2.24) is 0 Å². The van der Waals surface area contributed by atoms with Gasteiger partial charge in [0.05, 0.1) is 0 Å². The van der Waals surface area contributed by atoms with E-state index in [1.165, 1.54) is 0 Å². The van der Waals surface area contributed by atoms with Crippen LogP contribution in [-0.2, 0) is 0 Å². The summed E-state index contributed by atoms with van der Waals surface area (Å²) in [7, 11) is 0. The summed E-state index contributed by atoms with van der Waals surface area (Å²) in [5.74, 6) is 0.719. The van der Waals surface area contributed by atoms with E-state index in [0.717, 1.165) is 18.6 Å². The fourth-order valence-electron chi connectivity index (χ4n) is 1.39. The zero-order valence-electron chi connectivity index (χ0n) is 7.34. The van der Waals surface area contributed by atoms with E-state index >= 15 is 0 Å². The van der Waals surface area contributed by atoms with E-state index in [1.807, 2.05) is 0 Å². The summed E-state index contributed by atoms with van der Waals surface area (Å²) >= 11 is 17.5. The first kappa shape index (κ1) is 10.4. The van der Waals surface area contributed by atoms with Crippen LogP contribution in [0.25, 0.3) is 0 Å². The van der Waals surface area contributed by atoms with Gasteiger partial charge in [-0.25, -0.2) is 0 Å². The zero-order chi connectivity index (χ0) is 10.1. The topological polar surface area (TPSA) is 9.23 Å². The second-order valence-corrected chi connectivity index (χ2v) is 4.90. The summed E-state index contributed by atoms with van der Waals surface area (Å²) < 4.78 is 5.63. The number of hydrogen-bond donors (Lipinski definition) is 0. The molecule has 14 heavy (non-hydrogen) atoms. The van der Waals surface area contributed by atoms with Crippen LogP contribution in [0.5, 0.6) is 5.75 Å². The molecular weight excluding hydrogens is 242 g/mol. The van der Waals surface area contributed by atoms with Crippen molar-refractivity contribution in [1.29, 1.82) is 0 Å². The summed E-state index contributed by atoms with van der Waals surface area (Å²) in [5.41, 5.74) is 0. The lowest BCUT2D eigenvalue weighted by Crippen LogP contribution is -2.34. The fraction of sp³-hybridized carbons (Fsp3) is 0.400. The van der Waals surface area contributed by atoms with Crippen LogP contribution in [0, 0.1) is 0 Å². The predicted octanol–water partition coefficient (Wildman–Crippen LogP) is 4.14. The van der Waals surface area contributed by atoms with Gasteiger partial charge < -0.3 is 4.74 Å². The first-order chi connectivity index (χ1) is 6.63. The minimum atomic E-state index is 0.215. The van der Waals surface area contributed by atoms with Gasteiger partial charge in [-0.1, -0.05) is 23.2 Å². The third-order valence-electron chi connectivity index (χ3n) is 2.18. The van der Waals surface area contributed by atoms with Gasteiger partial charge >= 0.3 is 0 Å². The van der Waals surface area contributed by atoms with Crippen molar-refractivity contribution in [3.63, 3.8) is 0 Å². The maximum absolute atomic E-state index is 5.84. The molecule has 76 valence electrons. The lowest BCUT2D eigenvalue weighted by Gasteiger charge is -2.31. The Labute approximate surface area is 97.9 Å². The van der Waals surface area contributed by atoms with Gasteiger partial charge in [0, 0.05) is 28.3 Å². The standard InChI is InChI=1S/C10H9Cl3O/c11-6-1-7(12)3-9(2-6)14-10-4-8(13)5-10/h1-3,8,10H,4-5H2. The average molecular weight is 252 g/mol. The van der Waals surface area contributed by atoms with E-state index in [4.69, 9.17) is 39.5 Å². The van der Waals surface area contributed by atoms with Crippen LogP contribution in [0.3, 0.4) is 0 Å². The van der Waals surface area contributed by atoms with Crippen molar-refractivity contribution in [2.24, 2.45) is 0 Å². The molecule has 1 aromatic rings. The molecule has 0 N–H and O–H groups in total. The highest BCUT2D eigenvalue weighted by Gasteiger charge is 2.28. The highest BCUT2D eigenvalue weighted by atomic mass is 35.5. The smallest absolute Gasteiger partial charge is 0.122 e. The predicted molar refractivity (Wildman–Crippen MR) is 59.8 cm³/mol. The summed E-state index contributed by atoms with van der Waals surface area (Å²) in [5, 5.41) is 1.44. The molecule has 0 spiro atoms. The van der Waals surface area contributed by atoms with E-state index in [9.17, 15) is 0 Å². The van der Waals surface area contributed by atoms with E-state index in [1.54, 1.807) is 18.2 Å². The molecule has 0 bridgehead atoms. The van der Waals surface area contributed by atoms with Gasteiger partial charge in [0.2, 0.25) is 0 Å². The Balaban J connectivity index is 2.02. The molecule has 0 aliphatic heterocycles. The molecule has 1 nitrogen and oxygen atoms in total. The summed E-state index contributed by atoms with van der Waals surface area (Å²) in [6, 6.07) is 5.20. The van der Waals surface area contributed by atoms with Gasteiger partial charge in [-0.3, -0.25) is 0 Å². The zero-order valence-corrected chi connectivity index (χ0v) is 9.61. The first-order valence-electron chi connectivity index (χ1n) is 4.40. The van der Waals surface area contributed by atoms with Crippen molar-refractivity contribution >= 4 is 34.8 Å². The molecule has 0 atom stereocenters. The third kappa shape index (κ3) is 2.47. The second-order valence-electron chi connectivity index (χ2n) is 3.41. The summed E-state index contributed by atoms with van der Waals surface area (Å²) in [4.78, 5) is 0. The molecule has 0 heterocycles. The molecule has 4 heteroatoms. The van der Waals surface area contributed by atoms with Crippen molar-refractivity contribution in [2.75, 3.05) is 0 Å². The minimum Gasteiger partial charge on any atom is -0.490 e. The molecule has 0 saturated heterocycles. The SMILES string of the molecule is Clc1cc(Cl)cc(OC2CC(Cl)C2)c1. The largest absolute Gasteiger partial charge is 0.490 e. The molecule has 0 aromatic heterocycles. The lowest BCUT2D eigenvalue weighted by atomic mass is 9.95. The Morgan fingerprint density at radius 1 is 1.07 bits per heavy atom. The average Bonchev–Trinajstić information content (AvgIpc) is 1.99. The monoisotopic (exact) mass is 250 g/mol. The molecule has 0 radical (unpaired) electrons. The Bertz CT molecular complexity index is 314. The number of benzene rings is 1. The molecule has 0 amide bonds. The number of rotatable bonds is 2. The van der Waals surface area contributed by atoms with Crippen LogP contribution >= 0.6 is 34.8 Å². The van der Waals surface area contributed by atoms with Crippen molar-refractivity contribution in [3.05, 3.63) is 28.2 Å². The van der Waals surface area contributed by atoms with Crippen LogP contribution in [0.15, 0.2) is 18.2 Å². The number of ether oxygens (including phenoxy) is 1. The van der Waals surface area contributed by atoms with E-state index in [0.29, 0.717) is 10.0 Å². The Hall–Kier alpha value is -0.110. The molecule has 1 aliphatic carbocycles. The van der Waals surface area contributed by atoms with E-state index in [-0.39, 0.29) is 11.5 Å². The van der Waals surface area contributed by atoms with Gasteiger partial charge in [-0.2, -0.15) is 0 Å². The molecule has 0 unspecified atom stereocenters. The molecular formula is C10H9Cl3O. The van der Waals surface area contributed by atoms with E-state index < -0.39 is 0 Å². The first-order valence-corrected chi connectivity index (χ1v) is 5.59. The number of alkyl halides is 1. The normalized spacial score (nSPS) is 25.6. The highest BCUT2D eigenvalue weighted by Crippen LogP contribution is 2.32. The third-order valence-corrected chi connectivity index (χ3v) is 2.97. The van der Waals surface area contributed by atoms with Crippen LogP contribution in [0.1, 0.15) is 12.8 Å². The van der Waals surface area contributed by atoms with Crippen LogP contribution < -0.4 is 4.74 Å². The van der Waals surface area contributed by atoms with Crippen LogP contribution in [-0.4, -0.2) is 11.5 Å². The second kappa shape index (κ2) is 4.18. The minimum absolute atomic E-state index is 0.215. The van der Waals surface area contributed by atoms with Gasteiger partial charge in [-0.15, -0.1) is 11.6 Å². The molecule has 1 aliphatic rings. The van der Waals surface area contributed by atoms with Crippen molar-refractivity contribution < 1.29 is 4.74 Å². The van der Waals surface area contributed by atoms with Gasteiger partial charge in [0.15, 0.2) is 0 Å². The summed E-state index contributed by atoms with van der Waals surface area (Å²) in [6.07, 6.45) is 2.00. The number of halogens is 3. The summed E-state index contributed by atoms with van der Waals surface area (Å²) in [6.45, 7) is 0. The Kier molecular flexibility index (Phi) is 3.10. The Morgan fingerprint density at radius 2 is 1.64 bits per heavy atom. The van der Waals surface area contributed by atoms with Gasteiger partial charge in [-0.05, 0) is 18.2 Å². The van der Waals surface area contributed by atoms with Gasteiger partial charge in [0.1, 0.15) is 11.9 Å². The molecule has 1 fully saturated rings. The van der Waals surface area contributed by atoms with Crippen molar-refractivity contribution in [2.45, 2.75) is 24.3 Å². The molecule has 1 saturated carbocycles. The Morgan fingerprint density at radius 3 is 2.14 bits per heavy atom. The lowest BCUT2D eigenvalue weighted by molar-refractivity contribution is 0.124. The van der Waals surface area contributed by atoms with Crippen molar-refractivity contribution in [3.8, 4) is 5.75 Å². The van der Waals surface area contributed by atoms with Crippen LogP contribution in [0.4, 0.5) is 0 Å².